The molecule has 3 rings (SSSR count). The molecule has 0 heterocycles. The van der Waals surface area contributed by atoms with Crippen LogP contribution in [0, 0.1) is 17.0 Å². The molecule has 0 aliphatic heterocycles. The van der Waals surface area contributed by atoms with E-state index in [4.69, 9.17) is 9.47 Å². The first-order valence-corrected chi connectivity index (χ1v) is 10.4. The molecular weight excluding hydrogens is 422 g/mol. The van der Waals surface area contributed by atoms with Crippen molar-refractivity contribution in [2.45, 2.75) is 26.7 Å². The molecule has 0 aliphatic rings. The number of hydrazone groups is 1. The maximum absolute atomic E-state index is 12.0. The van der Waals surface area contributed by atoms with Crippen LogP contribution in [0.4, 0.5) is 5.69 Å². The first-order valence-electron chi connectivity index (χ1n) is 10.4. The van der Waals surface area contributed by atoms with Gasteiger partial charge in [-0.05, 0) is 54.3 Å². The van der Waals surface area contributed by atoms with Crippen molar-refractivity contribution in [2.75, 3.05) is 6.61 Å². The topological polar surface area (TPSA) is 103 Å². The third kappa shape index (κ3) is 6.39. The molecule has 0 saturated heterocycles. The molecule has 3 aromatic carbocycles. The van der Waals surface area contributed by atoms with Crippen molar-refractivity contribution < 1.29 is 19.2 Å². The number of hydrogen-bond acceptors (Lipinski definition) is 6. The van der Waals surface area contributed by atoms with Crippen LogP contribution in [0.3, 0.4) is 0 Å². The van der Waals surface area contributed by atoms with Crippen LogP contribution in [0.15, 0.2) is 71.8 Å². The van der Waals surface area contributed by atoms with Crippen LogP contribution in [0.1, 0.15) is 36.5 Å². The van der Waals surface area contributed by atoms with Gasteiger partial charge in [-0.15, -0.1) is 0 Å². The van der Waals surface area contributed by atoms with E-state index < -0.39 is 17.4 Å². The van der Waals surface area contributed by atoms with E-state index in [-0.39, 0.29) is 11.4 Å². The summed E-state index contributed by atoms with van der Waals surface area (Å²) >= 11 is 0. The van der Waals surface area contributed by atoms with Gasteiger partial charge < -0.3 is 9.47 Å². The third-order valence-corrected chi connectivity index (χ3v) is 4.82. The predicted octanol–water partition coefficient (Wildman–Crippen LogP) is 5.35. The van der Waals surface area contributed by atoms with Gasteiger partial charge in [-0.3, -0.25) is 14.9 Å². The lowest BCUT2D eigenvalue weighted by Crippen LogP contribution is -2.24. The molecule has 0 unspecified atom stereocenters. The Morgan fingerprint density at radius 1 is 1.09 bits per heavy atom. The van der Waals surface area contributed by atoms with Crippen LogP contribution in [-0.4, -0.2) is 23.7 Å². The molecule has 1 amide bonds. The number of nitro benzene ring substituents is 1. The Morgan fingerprint density at radius 3 is 2.48 bits per heavy atom. The summed E-state index contributed by atoms with van der Waals surface area (Å²) < 4.78 is 11.3. The Hall–Kier alpha value is -4.20. The molecule has 0 aliphatic carbocycles. The number of nitro groups is 1. The zero-order valence-corrected chi connectivity index (χ0v) is 18.6. The Morgan fingerprint density at radius 2 is 1.79 bits per heavy atom. The van der Waals surface area contributed by atoms with Gasteiger partial charge in [0, 0.05) is 11.6 Å². The summed E-state index contributed by atoms with van der Waals surface area (Å²) in [6.07, 6.45) is 1.47. The SMILES string of the molecule is Cc1cc(Oc2ccccc2/C=N/NC(=O)COc2ccccc2[N+](=O)[O-])ccc1C(C)C. The van der Waals surface area contributed by atoms with Crippen LogP contribution < -0.4 is 14.9 Å². The highest BCUT2D eigenvalue weighted by Crippen LogP contribution is 2.28. The molecule has 8 heteroatoms. The molecule has 1 N–H and O–H groups in total. The number of para-hydroxylation sites is 3. The number of amides is 1. The van der Waals surface area contributed by atoms with Gasteiger partial charge in [0.25, 0.3) is 5.91 Å². The zero-order chi connectivity index (χ0) is 23.8. The fourth-order valence-electron chi connectivity index (χ4n) is 3.25. The van der Waals surface area contributed by atoms with Crippen LogP contribution in [0.25, 0.3) is 0 Å². The Bertz CT molecular complexity index is 1170. The average Bonchev–Trinajstić information content (AvgIpc) is 2.79. The number of hydrogen-bond donors (Lipinski definition) is 1. The standard InChI is InChI=1S/C25H25N3O5/c1-17(2)21-13-12-20(14-18(21)3)33-23-10-6-4-8-19(23)15-26-27-25(29)16-32-24-11-7-5-9-22(24)28(30)31/h4-15,17H,16H2,1-3H3,(H,27,29)/b26-15+. The highest BCUT2D eigenvalue weighted by Gasteiger charge is 2.14. The van der Waals surface area contributed by atoms with Crippen molar-refractivity contribution in [1.29, 1.82) is 0 Å². The lowest BCUT2D eigenvalue weighted by Gasteiger charge is -2.13. The first kappa shape index (κ1) is 23.5. The summed E-state index contributed by atoms with van der Waals surface area (Å²) in [4.78, 5) is 22.5. The van der Waals surface area contributed by atoms with Gasteiger partial charge in [0.15, 0.2) is 12.4 Å². The van der Waals surface area contributed by atoms with Crippen molar-refractivity contribution in [3.63, 3.8) is 0 Å². The van der Waals surface area contributed by atoms with Gasteiger partial charge in [0.1, 0.15) is 11.5 Å². The number of nitrogens with one attached hydrogen (secondary N) is 1. The van der Waals surface area contributed by atoms with Crippen molar-refractivity contribution >= 4 is 17.8 Å². The van der Waals surface area contributed by atoms with Gasteiger partial charge in [-0.2, -0.15) is 5.10 Å². The van der Waals surface area contributed by atoms with Gasteiger partial charge in [0.05, 0.1) is 11.1 Å². The molecule has 0 aromatic heterocycles. The van der Waals surface area contributed by atoms with Crippen molar-refractivity contribution in [1.82, 2.24) is 5.43 Å². The molecule has 0 fully saturated rings. The van der Waals surface area contributed by atoms with E-state index in [1.54, 1.807) is 6.07 Å². The third-order valence-electron chi connectivity index (χ3n) is 4.82. The molecule has 3 aromatic rings. The second-order valence-electron chi connectivity index (χ2n) is 7.62. The maximum Gasteiger partial charge on any atom is 0.310 e. The second kappa shape index (κ2) is 10.9. The lowest BCUT2D eigenvalue weighted by molar-refractivity contribution is -0.385. The van der Waals surface area contributed by atoms with Gasteiger partial charge in [-0.25, -0.2) is 5.43 Å². The maximum atomic E-state index is 12.0. The molecule has 8 nitrogen and oxygen atoms in total. The van der Waals surface area contributed by atoms with E-state index in [9.17, 15) is 14.9 Å². The summed E-state index contributed by atoms with van der Waals surface area (Å²) in [5.74, 6) is 1.18. The molecule has 170 valence electrons. The molecule has 0 saturated carbocycles. The number of benzene rings is 3. The van der Waals surface area contributed by atoms with E-state index in [2.05, 4.69) is 37.4 Å². The van der Waals surface area contributed by atoms with Gasteiger partial charge >= 0.3 is 5.69 Å². The second-order valence-corrected chi connectivity index (χ2v) is 7.62. The normalized spacial score (nSPS) is 10.9. The highest BCUT2D eigenvalue weighted by atomic mass is 16.6. The van der Waals surface area contributed by atoms with E-state index in [1.165, 1.54) is 30.0 Å². The molecule has 0 radical (unpaired) electrons. The average molecular weight is 447 g/mol. The Kier molecular flexibility index (Phi) is 7.75. The largest absolute Gasteiger partial charge is 0.477 e. The van der Waals surface area contributed by atoms with E-state index in [0.29, 0.717) is 23.0 Å². The minimum absolute atomic E-state index is 0.0131. The minimum Gasteiger partial charge on any atom is -0.477 e. The molecule has 0 bridgehead atoms. The van der Waals surface area contributed by atoms with E-state index in [1.807, 2.05) is 36.4 Å². The summed E-state index contributed by atoms with van der Waals surface area (Å²) in [7, 11) is 0. The van der Waals surface area contributed by atoms with Crippen molar-refractivity contribution in [3.8, 4) is 17.2 Å². The van der Waals surface area contributed by atoms with Crippen LogP contribution in [-0.2, 0) is 4.79 Å². The van der Waals surface area contributed by atoms with E-state index >= 15 is 0 Å². The Labute approximate surface area is 192 Å². The zero-order valence-electron chi connectivity index (χ0n) is 18.6. The van der Waals surface area contributed by atoms with Gasteiger partial charge in [-0.1, -0.05) is 44.2 Å². The van der Waals surface area contributed by atoms with Crippen LogP contribution in [0.5, 0.6) is 17.2 Å². The summed E-state index contributed by atoms with van der Waals surface area (Å²) in [5, 5.41) is 15.0. The number of nitrogens with zero attached hydrogens (tertiary/aromatic N) is 2. The minimum atomic E-state index is -0.569. The summed E-state index contributed by atoms with van der Waals surface area (Å²) in [6, 6.07) is 19.1. The van der Waals surface area contributed by atoms with Crippen molar-refractivity contribution in [2.24, 2.45) is 5.10 Å². The highest BCUT2D eigenvalue weighted by molar-refractivity contribution is 5.85. The van der Waals surface area contributed by atoms with E-state index in [0.717, 1.165) is 5.56 Å². The predicted molar refractivity (Wildman–Crippen MR) is 126 cm³/mol. The number of aryl methyl sites for hydroxylation is 1. The molecule has 0 spiro atoms. The van der Waals surface area contributed by atoms with Crippen LogP contribution in [0.2, 0.25) is 0 Å². The molecule has 0 atom stereocenters. The first-order chi connectivity index (χ1) is 15.8. The molecular formula is C25H25N3O5. The molecule has 33 heavy (non-hydrogen) atoms. The summed E-state index contributed by atoms with van der Waals surface area (Å²) in [6.45, 7) is 5.93. The monoisotopic (exact) mass is 447 g/mol. The van der Waals surface area contributed by atoms with Crippen molar-refractivity contribution in [3.05, 3.63) is 93.5 Å². The fraction of sp³-hybridized carbons (Fsp3) is 0.200. The smallest absolute Gasteiger partial charge is 0.310 e. The quantitative estimate of drug-likeness (QED) is 0.271. The number of rotatable bonds is 9. The fourth-order valence-corrected chi connectivity index (χ4v) is 3.25. The number of ether oxygens (including phenoxy) is 2. The van der Waals surface area contributed by atoms with Crippen LogP contribution >= 0.6 is 0 Å². The summed E-state index contributed by atoms with van der Waals surface area (Å²) in [5.41, 5.74) is 5.23. The number of carbonyl (C=O) groups is 1. The lowest BCUT2D eigenvalue weighted by atomic mass is 9.98. The van der Waals surface area contributed by atoms with Gasteiger partial charge in [0.2, 0.25) is 0 Å². The number of carbonyl (C=O) groups excluding carboxylic acids is 1. The Balaban J connectivity index is 1.61.